The minimum absolute atomic E-state index is 0.141. The van der Waals surface area contributed by atoms with Gasteiger partial charge in [-0.3, -0.25) is 4.79 Å². The smallest absolute Gasteiger partial charge is 0.257 e. The first-order chi connectivity index (χ1) is 14.5. The Balaban J connectivity index is 1.76. The van der Waals surface area contributed by atoms with E-state index in [1.54, 1.807) is 22.6 Å². The van der Waals surface area contributed by atoms with Gasteiger partial charge in [-0.1, -0.05) is 31.7 Å². The summed E-state index contributed by atoms with van der Waals surface area (Å²) in [7, 11) is 0. The van der Waals surface area contributed by atoms with Crippen LogP contribution in [0.5, 0.6) is 0 Å². The van der Waals surface area contributed by atoms with Crippen LogP contribution in [-0.2, 0) is 6.54 Å². The third kappa shape index (κ3) is 5.05. The largest absolute Gasteiger partial charge is 0.369 e. The highest BCUT2D eigenvalue weighted by atomic mass is 32.2. The number of hydrogen-bond acceptors (Lipinski definition) is 6. The summed E-state index contributed by atoms with van der Waals surface area (Å²) in [5.74, 6) is -0.967. The number of aromatic nitrogens is 4. The minimum atomic E-state index is -0.894. The number of carbonyl (C=O) groups excluding carboxylic acids is 1. The highest BCUT2D eigenvalue weighted by Gasteiger charge is 2.17. The summed E-state index contributed by atoms with van der Waals surface area (Å²) in [6.07, 6.45) is 3.64. The summed E-state index contributed by atoms with van der Waals surface area (Å²) < 4.78 is 29.2. The number of benzene rings is 1. The molecule has 2 aromatic heterocycles. The number of halogens is 2. The van der Waals surface area contributed by atoms with Gasteiger partial charge in [0.05, 0.1) is 18.1 Å². The van der Waals surface area contributed by atoms with Crippen molar-refractivity contribution in [2.45, 2.75) is 38.4 Å². The average Bonchev–Trinajstić information content (AvgIpc) is 3.13. The van der Waals surface area contributed by atoms with Crippen molar-refractivity contribution >= 4 is 34.5 Å². The molecule has 0 aliphatic heterocycles. The van der Waals surface area contributed by atoms with Crippen molar-refractivity contribution in [3.8, 4) is 0 Å². The fraction of sp³-hybridized carbons (Fsp3) is 0.400. The van der Waals surface area contributed by atoms with Gasteiger partial charge in [0.1, 0.15) is 23.0 Å². The van der Waals surface area contributed by atoms with Crippen molar-refractivity contribution in [2.24, 2.45) is 0 Å². The zero-order chi connectivity index (χ0) is 21.5. The number of hydrogen-bond donors (Lipinski definition) is 2. The SMILES string of the molecule is CCCNc1nc(SCCC)nc2c1cnn2CCNC(=O)c1c(F)cccc1F. The van der Waals surface area contributed by atoms with Crippen LogP contribution in [-0.4, -0.2) is 44.5 Å². The molecule has 10 heteroatoms. The molecule has 0 spiro atoms. The topological polar surface area (TPSA) is 84.7 Å². The minimum Gasteiger partial charge on any atom is -0.369 e. The molecule has 2 heterocycles. The third-order valence-corrected chi connectivity index (χ3v) is 5.31. The van der Waals surface area contributed by atoms with Crippen molar-refractivity contribution in [3.63, 3.8) is 0 Å². The number of rotatable bonds is 10. The van der Waals surface area contributed by atoms with Gasteiger partial charge in [-0.05, 0) is 25.0 Å². The maximum absolute atomic E-state index is 13.8. The first kappa shape index (κ1) is 21.9. The van der Waals surface area contributed by atoms with E-state index in [-0.39, 0.29) is 6.54 Å². The summed E-state index contributed by atoms with van der Waals surface area (Å²) >= 11 is 1.57. The molecule has 0 bridgehead atoms. The molecule has 1 aromatic carbocycles. The molecule has 0 aliphatic rings. The van der Waals surface area contributed by atoms with Gasteiger partial charge in [0.15, 0.2) is 10.8 Å². The lowest BCUT2D eigenvalue weighted by Crippen LogP contribution is -2.29. The number of thioether (sulfide) groups is 1. The van der Waals surface area contributed by atoms with Crippen molar-refractivity contribution < 1.29 is 13.6 Å². The third-order valence-electron chi connectivity index (χ3n) is 4.25. The normalized spacial score (nSPS) is 11.1. The predicted octanol–water partition coefficient (Wildman–Crippen LogP) is 3.86. The van der Waals surface area contributed by atoms with Crippen LogP contribution in [0, 0.1) is 11.6 Å². The molecule has 3 rings (SSSR count). The van der Waals surface area contributed by atoms with Crippen molar-refractivity contribution in [3.05, 3.63) is 41.6 Å². The highest BCUT2D eigenvalue weighted by Crippen LogP contribution is 2.24. The Bertz CT molecular complexity index is 1010. The van der Waals surface area contributed by atoms with Crippen molar-refractivity contribution in [2.75, 3.05) is 24.2 Å². The molecule has 7 nitrogen and oxygen atoms in total. The number of carbonyl (C=O) groups is 1. The zero-order valence-corrected chi connectivity index (χ0v) is 17.7. The molecular formula is C20H24F2N6OS. The lowest BCUT2D eigenvalue weighted by Gasteiger charge is -2.10. The molecule has 160 valence electrons. The number of nitrogens with one attached hydrogen (secondary N) is 2. The van der Waals surface area contributed by atoms with Crippen LogP contribution < -0.4 is 10.6 Å². The standard InChI is InChI=1S/C20H24F2N6OS/c1-3-8-23-17-13-12-25-28(18(13)27-20(26-17)30-11-4-2)10-9-24-19(29)16-14(21)6-5-7-15(16)22/h5-7,12H,3-4,8-11H2,1-2H3,(H,24,29)(H,23,26,27). The molecule has 2 N–H and O–H groups in total. The van der Waals surface area contributed by atoms with Gasteiger partial charge < -0.3 is 10.6 Å². The van der Waals surface area contributed by atoms with Crippen LogP contribution in [0.2, 0.25) is 0 Å². The van der Waals surface area contributed by atoms with Crippen LogP contribution in [0.15, 0.2) is 29.6 Å². The maximum Gasteiger partial charge on any atom is 0.257 e. The number of anilines is 1. The first-order valence-electron chi connectivity index (χ1n) is 9.87. The summed E-state index contributed by atoms with van der Waals surface area (Å²) in [5, 5.41) is 11.6. The van der Waals surface area contributed by atoms with Crippen molar-refractivity contribution in [1.29, 1.82) is 0 Å². The van der Waals surface area contributed by atoms with Gasteiger partial charge in [-0.15, -0.1) is 0 Å². The number of fused-ring (bicyclic) bond motifs is 1. The Morgan fingerprint density at radius 3 is 2.60 bits per heavy atom. The van der Waals surface area contributed by atoms with E-state index in [1.807, 2.05) is 0 Å². The fourth-order valence-corrected chi connectivity index (χ4v) is 3.51. The highest BCUT2D eigenvalue weighted by molar-refractivity contribution is 7.99. The van der Waals surface area contributed by atoms with E-state index in [4.69, 9.17) is 0 Å². The number of nitrogens with zero attached hydrogens (tertiary/aromatic N) is 4. The van der Waals surface area contributed by atoms with E-state index < -0.39 is 23.1 Å². The molecule has 3 aromatic rings. The fourth-order valence-electron chi connectivity index (χ4n) is 2.81. The van der Waals surface area contributed by atoms with E-state index in [0.29, 0.717) is 17.3 Å². The second-order valence-electron chi connectivity index (χ2n) is 6.59. The molecule has 0 saturated carbocycles. The Labute approximate surface area is 177 Å². The van der Waals surface area contributed by atoms with Gasteiger partial charge in [-0.2, -0.15) is 5.10 Å². The van der Waals surface area contributed by atoms with Crippen LogP contribution in [0.25, 0.3) is 11.0 Å². The van der Waals surface area contributed by atoms with Crippen LogP contribution >= 0.6 is 11.8 Å². The van der Waals surface area contributed by atoms with Crippen molar-refractivity contribution in [1.82, 2.24) is 25.1 Å². The summed E-state index contributed by atoms with van der Waals surface area (Å²) in [4.78, 5) is 21.4. The molecule has 0 unspecified atom stereocenters. The molecule has 0 radical (unpaired) electrons. The van der Waals surface area contributed by atoms with Gasteiger partial charge >= 0.3 is 0 Å². The lowest BCUT2D eigenvalue weighted by molar-refractivity contribution is 0.0943. The van der Waals surface area contributed by atoms with E-state index in [9.17, 15) is 13.6 Å². The van der Waals surface area contributed by atoms with Gasteiger partial charge in [0.2, 0.25) is 0 Å². The summed E-state index contributed by atoms with van der Waals surface area (Å²) in [5.41, 5.74) is 0.0583. The van der Waals surface area contributed by atoms with Gasteiger partial charge in [-0.25, -0.2) is 23.4 Å². The monoisotopic (exact) mass is 434 g/mol. The summed E-state index contributed by atoms with van der Waals surface area (Å²) in [6, 6.07) is 3.32. The molecule has 30 heavy (non-hydrogen) atoms. The van der Waals surface area contributed by atoms with E-state index in [0.717, 1.165) is 48.5 Å². The van der Waals surface area contributed by atoms with E-state index >= 15 is 0 Å². The Morgan fingerprint density at radius 1 is 1.13 bits per heavy atom. The maximum atomic E-state index is 13.8. The van der Waals surface area contributed by atoms with Gasteiger partial charge in [0.25, 0.3) is 5.91 Å². The van der Waals surface area contributed by atoms with E-state index in [2.05, 4.69) is 39.5 Å². The molecule has 1 amide bonds. The predicted molar refractivity (Wildman–Crippen MR) is 114 cm³/mol. The Morgan fingerprint density at radius 2 is 1.90 bits per heavy atom. The Hall–Kier alpha value is -2.75. The van der Waals surface area contributed by atoms with Gasteiger partial charge in [0, 0.05) is 18.8 Å². The number of amides is 1. The molecular weight excluding hydrogens is 410 g/mol. The molecule has 0 aliphatic carbocycles. The van der Waals surface area contributed by atoms with Crippen LogP contribution in [0.4, 0.5) is 14.6 Å². The zero-order valence-electron chi connectivity index (χ0n) is 16.9. The quantitative estimate of drug-likeness (QED) is 0.372. The summed E-state index contributed by atoms with van der Waals surface area (Å²) in [6.45, 7) is 5.38. The molecule has 0 saturated heterocycles. The molecule has 0 fully saturated rings. The van der Waals surface area contributed by atoms with Crippen LogP contribution in [0.1, 0.15) is 37.0 Å². The lowest BCUT2D eigenvalue weighted by atomic mass is 10.2. The van der Waals surface area contributed by atoms with E-state index in [1.165, 1.54) is 6.07 Å². The second kappa shape index (κ2) is 10.3. The van der Waals surface area contributed by atoms with Crippen LogP contribution in [0.3, 0.4) is 0 Å². The average molecular weight is 435 g/mol. The second-order valence-corrected chi connectivity index (χ2v) is 7.65. The first-order valence-corrected chi connectivity index (χ1v) is 10.9. The molecule has 0 atom stereocenters. The Kier molecular flexibility index (Phi) is 7.56.